The smallest absolute Gasteiger partial charge is 0.191 e. The van der Waals surface area contributed by atoms with Crippen molar-refractivity contribution in [2.45, 2.75) is 83.8 Å². The lowest BCUT2D eigenvalue weighted by Gasteiger charge is -2.39. The van der Waals surface area contributed by atoms with Crippen LogP contribution in [0.3, 0.4) is 0 Å². The van der Waals surface area contributed by atoms with Gasteiger partial charge in [-0.2, -0.15) is 0 Å². The molecule has 1 saturated carbocycles. The topological polar surface area (TPSA) is 52.6 Å². The lowest BCUT2D eigenvalue weighted by Crippen LogP contribution is -2.50. The van der Waals surface area contributed by atoms with Gasteiger partial charge in [-0.3, -0.25) is 0 Å². The Morgan fingerprint density at radius 1 is 1.19 bits per heavy atom. The first-order chi connectivity index (χ1) is 12.8. The Hall–Kier alpha value is -1.14. The highest BCUT2D eigenvalue weighted by atomic mass is 32.1. The van der Waals surface area contributed by atoms with Gasteiger partial charge in [0.15, 0.2) is 5.96 Å². The Morgan fingerprint density at radius 2 is 1.96 bits per heavy atom. The number of rotatable bonds is 6. The van der Waals surface area contributed by atoms with E-state index in [2.05, 4.69) is 34.4 Å². The van der Waals surface area contributed by atoms with E-state index in [4.69, 9.17) is 4.99 Å². The van der Waals surface area contributed by atoms with E-state index in [0.29, 0.717) is 12.6 Å². The monoisotopic (exact) mass is 377 g/mol. The van der Waals surface area contributed by atoms with Crippen LogP contribution in [0, 0.1) is 0 Å². The van der Waals surface area contributed by atoms with Gasteiger partial charge in [0, 0.05) is 42.8 Å². The van der Waals surface area contributed by atoms with Gasteiger partial charge >= 0.3 is 0 Å². The predicted molar refractivity (Wildman–Crippen MR) is 111 cm³/mol. The summed E-state index contributed by atoms with van der Waals surface area (Å²) in [7, 11) is 0. The fraction of sp³-hybridized carbons (Fsp3) is 0.800. The number of aromatic nitrogens is 1. The second-order valence-electron chi connectivity index (χ2n) is 7.52. The molecule has 0 amide bonds. The lowest BCUT2D eigenvalue weighted by atomic mass is 9.92. The Bertz CT molecular complexity index is 556. The predicted octanol–water partition coefficient (Wildman–Crippen LogP) is 3.56. The first-order valence-electron chi connectivity index (χ1n) is 10.5. The zero-order valence-corrected chi connectivity index (χ0v) is 17.3. The molecule has 1 aliphatic heterocycles. The second-order valence-corrected chi connectivity index (χ2v) is 8.72. The van der Waals surface area contributed by atoms with Crippen LogP contribution in [0.1, 0.15) is 68.7 Å². The molecule has 0 unspecified atom stereocenters. The van der Waals surface area contributed by atoms with Crippen LogP contribution in [0.25, 0.3) is 0 Å². The number of hydrogen-bond donors (Lipinski definition) is 2. The van der Waals surface area contributed by atoms with Crippen molar-refractivity contribution in [1.29, 1.82) is 0 Å². The van der Waals surface area contributed by atoms with E-state index in [0.717, 1.165) is 30.0 Å². The molecular formula is C20H35N5S. The summed E-state index contributed by atoms with van der Waals surface area (Å²) >= 11 is 1.77. The molecule has 0 atom stereocenters. The lowest BCUT2D eigenvalue weighted by molar-refractivity contribution is 0.119. The Kier molecular flexibility index (Phi) is 7.74. The van der Waals surface area contributed by atoms with Crippen LogP contribution >= 0.6 is 11.3 Å². The Balaban J connectivity index is 1.47. The number of piperidine rings is 1. The van der Waals surface area contributed by atoms with E-state index in [1.54, 1.807) is 11.3 Å². The first-order valence-corrected chi connectivity index (χ1v) is 11.3. The average molecular weight is 378 g/mol. The second kappa shape index (κ2) is 10.3. The number of nitrogens with one attached hydrogen (secondary N) is 2. The SMILES string of the molecule is CCNC(=NCc1ncc(CC)s1)NC1CCN(C2CCCCC2)CC1. The molecule has 2 N–H and O–H groups in total. The molecule has 0 spiro atoms. The molecule has 2 fully saturated rings. The summed E-state index contributed by atoms with van der Waals surface area (Å²) in [6, 6.07) is 1.39. The number of aliphatic imine (C=N–C) groups is 1. The third kappa shape index (κ3) is 5.68. The molecule has 1 aromatic rings. The van der Waals surface area contributed by atoms with Crippen LogP contribution < -0.4 is 10.6 Å². The van der Waals surface area contributed by atoms with E-state index < -0.39 is 0 Å². The molecule has 3 rings (SSSR count). The summed E-state index contributed by atoms with van der Waals surface area (Å²) in [6.07, 6.45) is 12.6. The maximum absolute atomic E-state index is 4.76. The third-order valence-electron chi connectivity index (χ3n) is 5.63. The van der Waals surface area contributed by atoms with E-state index in [1.165, 1.54) is 62.9 Å². The molecule has 6 heteroatoms. The molecule has 1 aromatic heterocycles. The zero-order chi connectivity index (χ0) is 18.2. The van der Waals surface area contributed by atoms with Gasteiger partial charge in [-0.05, 0) is 39.0 Å². The van der Waals surface area contributed by atoms with Crippen molar-refractivity contribution in [3.63, 3.8) is 0 Å². The highest BCUT2D eigenvalue weighted by Gasteiger charge is 2.26. The van der Waals surface area contributed by atoms with Gasteiger partial charge in [-0.15, -0.1) is 11.3 Å². The molecule has 0 aromatic carbocycles. The van der Waals surface area contributed by atoms with Crippen LogP contribution in [0.2, 0.25) is 0 Å². The van der Waals surface area contributed by atoms with Crippen molar-refractivity contribution in [1.82, 2.24) is 20.5 Å². The fourth-order valence-electron chi connectivity index (χ4n) is 4.10. The fourth-order valence-corrected chi connectivity index (χ4v) is 4.89. The molecule has 0 radical (unpaired) electrons. The van der Waals surface area contributed by atoms with Crippen molar-refractivity contribution in [3.8, 4) is 0 Å². The molecule has 1 aliphatic carbocycles. The number of aryl methyl sites for hydroxylation is 1. The molecule has 26 heavy (non-hydrogen) atoms. The van der Waals surface area contributed by atoms with Gasteiger partial charge in [0.2, 0.25) is 0 Å². The first kappa shape index (κ1) is 19.6. The average Bonchev–Trinajstić information content (AvgIpc) is 3.16. The van der Waals surface area contributed by atoms with E-state index in [9.17, 15) is 0 Å². The third-order valence-corrected chi connectivity index (χ3v) is 6.75. The highest BCUT2D eigenvalue weighted by molar-refractivity contribution is 7.11. The van der Waals surface area contributed by atoms with Crippen molar-refractivity contribution >= 4 is 17.3 Å². The highest BCUT2D eigenvalue weighted by Crippen LogP contribution is 2.25. The van der Waals surface area contributed by atoms with E-state index in [1.807, 2.05) is 6.20 Å². The molecule has 0 bridgehead atoms. The van der Waals surface area contributed by atoms with Crippen molar-refractivity contribution < 1.29 is 0 Å². The number of hydrogen-bond acceptors (Lipinski definition) is 4. The molecular weight excluding hydrogens is 342 g/mol. The summed E-state index contributed by atoms with van der Waals surface area (Å²) in [4.78, 5) is 13.3. The van der Waals surface area contributed by atoms with Gasteiger partial charge in [0.25, 0.3) is 0 Å². The van der Waals surface area contributed by atoms with Crippen LogP contribution in [-0.2, 0) is 13.0 Å². The van der Waals surface area contributed by atoms with Gasteiger partial charge < -0.3 is 15.5 Å². The largest absolute Gasteiger partial charge is 0.357 e. The van der Waals surface area contributed by atoms with Crippen molar-refractivity contribution in [2.24, 2.45) is 4.99 Å². The molecule has 146 valence electrons. The van der Waals surface area contributed by atoms with Gasteiger partial charge in [0.1, 0.15) is 5.01 Å². The number of guanidine groups is 1. The van der Waals surface area contributed by atoms with E-state index >= 15 is 0 Å². The molecule has 2 aliphatic rings. The Labute approximate surface area is 162 Å². The van der Waals surface area contributed by atoms with Crippen LogP contribution in [0.5, 0.6) is 0 Å². The summed E-state index contributed by atoms with van der Waals surface area (Å²) in [5, 5.41) is 8.16. The minimum absolute atomic E-state index is 0.537. The minimum atomic E-state index is 0.537. The summed E-state index contributed by atoms with van der Waals surface area (Å²) in [5.74, 6) is 0.942. The number of thiazole rings is 1. The normalized spacial score (nSPS) is 21.1. The zero-order valence-electron chi connectivity index (χ0n) is 16.5. The summed E-state index contributed by atoms with van der Waals surface area (Å²) in [5.41, 5.74) is 0. The summed E-state index contributed by atoms with van der Waals surface area (Å²) in [6.45, 7) is 8.32. The van der Waals surface area contributed by atoms with Gasteiger partial charge in [-0.25, -0.2) is 9.98 Å². The number of nitrogens with zero attached hydrogens (tertiary/aromatic N) is 3. The van der Waals surface area contributed by atoms with Gasteiger partial charge in [0.05, 0.1) is 6.54 Å². The quantitative estimate of drug-likeness (QED) is 0.588. The molecule has 5 nitrogen and oxygen atoms in total. The molecule has 2 heterocycles. The maximum Gasteiger partial charge on any atom is 0.191 e. The minimum Gasteiger partial charge on any atom is -0.357 e. The Morgan fingerprint density at radius 3 is 2.62 bits per heavy atom. The maximum atomic E-state index is 4.76. The van der Waals surface area contributed by atoms with Crippen molar-refractivity contribution in [3.05, 3.63) is 16.1 Å². The van der Waals surface area contributed by atoms with Crippen LogP contribution in [0.4, 0.5) is 0 Å². The standard InChI is InChI=1S/C20H35N5S/c1-3-18-14-22-19(26-18)15-23-20(21-4-2)24-16-10-12-25(13-11-16)17-8-6-5-7-9-17/h14,16-17H,3-13,15H2,1-2H3,(H2,21,23,24). The van der Waals surface area contributed by atoms with Crippen LogP contribution in [0.15, 0.2) is 11.2 Å². The van der Waals surface area contributed by atoms with Crippen LogP contribution in [-0.4, -0.2) is 47.6 Å². The summed E-state index contributed by atoms with van der Waals surface area (Å²) < 4.78 is 0. The van der Waals surface area contributed by atoms with Crippen molar-refractivity contribution in [2.75, 3.05) is 19.6 Å². The van der Waals surface area contributed by atoms with E-state index in [-0.39, 0.29) is 0 Å². The molecule has 1 saturated heterocycles. The number of likely N-dealkylation sites (tertiary alicyclic amines) is 1. The van der Waals surface area contributed by atoms with Gasteiger partial charge in [-0.1, -0.05) is 26.2 Å².